The minimum atomic E-state index is -3.47. The zero-order chi connectivity index (χ0) is 21.2. The standard InChI is InChI=1S/C21H33N3O4S/c1-19-12-18(23-26)17(22-24-29(4,27)28)11-13(19)5-6-14-15(19)7-9-20(2)16(14)8-10-21(20,3)25/h11,14-16,24-26H,5-10,12H2,1-4H3/b22-17+,23-18-/t14-,15+,16+,19+,20+,21+/m1/s1. The zero-order valence-corrected chi connectivity index (χ0v) is 18.6. The lowest BCUT2D eigenvalue weighted by atomic mass is 9.46. The van der Waals surface area contributed by atoms with Gasteiger partial charge in [0, 0.05) is 6.42 Å². The van der Waals surface area contributed by atoms with Crippen molar-refractivity contribution in [3.8, 4) is 0 Å². The Morgan fingerprint density at radius 1 is 1.14 bits per heavy atom. The third-order valence-corrected chi connectivity index (χ3v) is 9.32. The molecule has 0 heterocycles. The van der Waals surface area contributed by atoms with Crippen LogP contribution in [0, 0.1) is 28.6 Å². The molecule has 0 radical (unpaired) electrons. The largest absolute Gasteiger partial charge is 0.411 e. The van der Waals surface area contributed by atoms with Crippen LogP contribution in [0.25, 0.3) is 0 Å². The van der Waals surface area contributed by atoms with E-state index < -0.39 is 15.6 Å². The number of hydrazone groups is 1. The van der Waals surface area contributed by atoms with Crippen LogP contribution in [0.15, 0.2) is 21.9 Å². The fraction of sp³-hybridized carbons (Fsp3) is 0.810. The van der Waals surface area contributed by atoms with Crippen LogP contribution in [-0.2, 0) is 10.0 Å². The van der Waals surface area contributed by atoms with Crippen molar-refractivity contribution in [2.45, 2.75) is 71.3 Å². The molecule has 0 amide bonds. The molecular weight excluding hydrogens is 390 g/mol. The molecule has 0 unspecified atom stereocenters. The Balaban J connectivity index is 1.68. The molecule has 3 saturated carbocycles. The van der Waals surface area contributed by atoms with Crippen LogP contribution in [0.4, 0.5) is 0 Å². The number of rotatable bonds is 2. The second-order valence-electron chi connectivity index (χ2n) is 10.4. The summed E-state index contributed by atoms with van der Waals surface area (Å²) in [6, 6.07) is 0. The number of hydrogen-bond donors (Lipinski definition) is 3. The normalized spacial score (nSPS) is 47.3. The van der Waals surface area contributed by atoms with E-state index in [0.717, 1.165) is 44.8 Å². The molecule has 4 aliphatic carbocycles. The fourth-order valence-electron chi connectivity index (χ4n) is 7.05. The van der Waals surface area contributed by atoms with Gasteiger partial charge in [0.1, 0.15) is 11.4 Å². The highest BCUT2D eigenvalue weighted by atomic mass is 32.2. The molecule has 3 N–H and O–H groups in total. The summed E-state index contributed by atoms with van der Waals surface area (Å²) in [5.74, 6) is 1.54. The molecule has 4 rings (SSSR count). The Bertz CT molecular complexity index is 907. The van der Waals surface area contributed by atoms with E-state index in [-0.39, 0.29) is 10.8 Å². The van der Waals surface area contributed by atoms with Crippen LogP contribution in [0.5, 0.6) is 0 Å². The van der Waals surface area contributed by atoms with Gasteiger partial charge in [0.2, 0.25) is 10.0 Å². The lowest BCUT2D eigenvalue weighted by molar-refractivity contribution is -0.115. The number of sulfonamides is 1. The molecule has 29 heavy (non-hydrogen) atoms. The summed E-state index contributed by atoms with van der Waals surface area (Å²) in [4.78, 5) is 2.16. The lowest BCUT2D eigenvalue weighted by Crippen LogP contribution is -2.54. The van der Waals surface area contributed by atoms with Crippen molar-refractivity contribution in [3.05, 3.63) is 11.6 Å². The fourth-order valence-corrected chi connectivity index (χ4v) is 7.32. The van der Waals surface area contributed by atoms with Gasteiger partial charge in [-0.05, 0) is 80.1 Å². The SMILES string of the molecule is C[C@]12CC(=N/O)/C(=N/NS(C)(=O)=O)C=C1CC[C@@H]1[C@@H]2CC[C@@]2(C)[C@H]1CC[C@]2(C)O. The number of fused-ring (bicyclic) bond motifs is 5. The minimum Gasteiger partial charge on any atom is -0.411 e. The van der Waals surface area contributed by atoms with E-state index in [9.17, 15) is 18.7 Å². The summed E-state index contributed by atoms with van der Waals surface area (Å²) in [6.07, 6.45) is 9.55. The predicted octanol–water partition coefficient (Wildman–Crippen LogP) is 3.05. The average molecular weight is 424 g/mol. The van der Waals surface area contributed by atoms with Crippen molar-refractivity contribution < 1.29 is 18.7 Å². The second kappa shape index (κ2) is 6.54. The van der Waals surface area contributed by atoms with Gasteiger partial charge in [0.05, 0.1) is 11.9 Å². The summed E-state index contributed by atoms with van der Waals surface area (Å²) >= 11 is 0. The van der Waals surface area contributed by atoms with E-state index >= 15 is 0 Å². The maximum atomic E-state index is 11.4. The molecule has 0 aromatic rings. The molecule has 8 heteroatoms. The number of hydrogen-bond acceptors (Lipinski definition) is 6. The van der Waals surface area contributed by atoms with Gasteiger partial charge in [-0.1, -0.05) is 24.6 Å². The monoisotopic (exact) mass is 423 g/mol. The summed E-state index contributed by atoms with van der Waals surface area (Å²) in [5.41, 5.74) is 1.35. The molecular formula is C21H33N3O4S. The summed E-state index contributed by atoms with van der Waals surface area (Å²) in [5, 5.41) is 28.1. The molecule has 0 saturated heterocycles. The van der Waals surface area contributed by atoms with E-state index in [4.69, 9.17) is 0 Å². The Morgan fingerprint density at radius 2 is 1.83 bits per heavy atom. The van der Waals surface area contributed by atoms with Crippen molar-refractivity contribution in [3.63, 3.8) is 0 Å². The molecule has 0 aliphatic heterocycles. The number of oxime groups is 1. The van der Waals surface area contributed by atoms with E-state index in [1.54, 1.807) is 0 Å². The van der Waals surface area contributed by atoms with Gasteiger partial charge in [-0.25, -0.2) is 13.2 Å². The first-order valence-corrected chi connectivity index (χ1v) is 12.5. The minimum absolute atomic E-state index is 0.0274. The number of allylic oxidation sites excluding steroid dienone is 2. The maximum absolute atomic E-state index is 11.4. The van der Waals surface area contributed by atoms with Crippen LogP contribution in [0.1, 0.15) is 65.7 Å². The smallest absolute Gasteiger partial charge is 0.244 e. The molecule has 4 aliphatic rings. The molecule has 0 bridgehead atoms. The van der Waals surface area contributed by atoms with Crippen molar-refractivity contribution in [1.82, 2.24) is 4.83 Å². The van der Waals surface area contributed by atoms with Gasteiger partial charge >= 0.3 is 0 Å². The first-order chi connectivity index (χ1) is 13.4. The highest BCUT2D eigenvalue weighted by molar-refractivity contribution is 7.88. The van der Waals surface area contributed by atoms with Crippen LogP contribution in [-0.4, -0.2) is 42.0 Å². The first-order valence-electron chi connectivity index (χ1n) is 10.6. The van der Waals surface area contributed by atoms with Crippen LogP contribution < -0.4 is 4.83 Å². The Hall–Kier alpha value is -1.41. The number of nitrogens with zero attached hydrogens (tertiary/aromatic N) is 2. The maximum Gasteiger partial charge on any atom is 0.244 e. The topological polar surface area (TPSA) is 111 Å². The van der Waals surface area contributed by atoms with Crippen LogP contribution in [0.2, 0.25) is 0 Å². The number of aliphatic hydroxyl groups is 1. The van der Waals surface area contributed by atoms with Gasteiger partial charge in [0.25, 0.3) is 0 Å². The third kappa shape index (κ3) is 3.14. The van der Waals surface area contributed by atoms with Gasteiger partial charge < -0.3 is 10.3 Å². The van der Waals surface area contributed by atoms with Crippen molar-refractivity contribution in [1.29, 1.82) is 0 Å². The van der Waals surface area contributed by atoms with Crippen molar-refractivity contribution in [2.24, 2.45) is 38.8 Å². The van der Waals surface area contributed by atoms with Gasteiger partial charge in [-0.15, -0.1) is 0 Å². The predicted molar refractivity (Wildman–Crippen MR) is 112 cm³/mol. The first kappa shape index (κ1) is 20.8. The molecule has 7 nitrogen and oxygen atoms in total. The summed E-state index contributed by atoms with van der Waals surface area (Å²) in [6.45, 7) is 6.55. The molecule has 162 valence electrons. The zero-order valence-electron chi connectivity index (χ0n) is 17.8. The molecule has 0 aromatic heterocycles. The van der Waals surface area contributed by atoms with E-state index in [0.29, 0.717) is 35.6 Å². The summed E-state index contributed by atoms with van der Waals surface area (Å²) < 4.78 is 22.9. The molecule has 6 atom stereocenters. The van der Waals surface area contributed by atoms with Crippen molar-refractivity contribution in [2.75, 3.05) is 6.26 Å². The van der Waals surface area contributed by atoms with Crippen LogP contribution >= 0.6 is 0 Å². The van der Waals surface area contributed by atoms with E-state index in [2.05, 4.69) is 28.9 Å². The quantitative estimate of drug-likeness (QED) is 0.468. The Kier molecular flexibility index (Phi) is 4.70. The lowest BCUT2D eigenvalue weighted by Gasteiger charge is -2.58. The average Bonchev–Trinajstić information content (AvgIpc) is 2.88. The van der Waals surface area contributed by atoms with Gasteiger partial charge in [-0.3, -0.25) is 0 Å². The highest BCUT2D eigenvalue weighted by Crippen LogP contribution is 2.67. The Morgan fingerprint density at radius 3 is 2.48 bits per heavy atom. The van der Waals surface area contributed by atoms with Gasteiger partial charge in [0.15, 0.2) is 0 Å². The molecule has 0 aromatic carbocycles. The van der Waals surface area contributed by atoms with E-state index in [1.165, 1.54) is 5.57 Å². The van der Waals surface area contributed by atoms with Crippen LogP contribution in [0.3, 0.4) is 0 Å². The van der Waals surface area contributed by atoms with E-state index in [1.807, 2.05) is 13.0 Å². The third-order valence-electron chi connectivity index (χ3n) is 8.89. The molecule has 0 spiro atoms. The highest BCUT2D eigenvalue weighted by Gasteiger charge is 2.62. The Labute approximate surface area is 173 Å². The second-order valence-corrected chi connectivity index (χ2v) is 12.1. The summed E-state index contributed by atoms with van der Waals surface area (Å²) in [7, 11) is -3.47. The van der Waals surface area contributed by atoms with Crippen molar-refractivity contribution >= 4 is 21.4 Å². The van der Waals surface area contributed by atoms with Gasteiger partial charge in [-0.2, -0.15) is 5.10 Å². The number of nitrogens with one attached hydrogen (secondary N) is 1. The molecule has 3 fully saturated rings.